The maximum atomic E-state index is 12.2. The molecule has 3 rings (SSSR count). The SMILES string of the molecule is N#Cc1ccccc1CC(=O)N[C@@H]1C(=O)N2C(C(=O)O)=CCS[C@H]12. The molecule has 2 heterocycles. The third-order valence-corrected chi connectivity index (χ3v) is 5.05. The number of rotatable bonds is 4. The van der Waals surface area contributed by atoms with Gasteiger partial charge in [0, 0.05) is 5.75 Å². The number of carboxylic acids is 1. The number of carbonyl (C=O) groups is 3. The number of carboxylic acid groups (broad SMARTS) is 1. The van der Waals surface area contributed by atoms with E-state index in [-0.39, 0.29) is 18.0 Å². The van der Waals surface area contributed by atoms with Crippen molar-refractivity contribution in [2.75, 3.05) is 5.75 Å². The van der Waals surface area contributed by atoms with Gasteiger partial charge in [-0.25, -0.2) is 4.79 Å². The quantitative estimate of drug-likeness (QED) is 0.769. The number of fused-ring (bicyclic) bond motifs is 1. The molecule has 2 N–H and O–H groups in total. The first-order chi connectivity index (χ1) is 11.5. The van der Waals surface area contributed by atoms with E-state index in [0.29, 0.717) is 16.9 Å². The zero-order valence-electron chi connectivity index (χ0n) is 12.4. The lowest BCUT2D eigenvalue weighted by Gasteiger charge is -2.48. The van der Waals surface area contributed by atoms with E-state index in [1.807, 2.05) is 6.07 Å². The summed E-state index contributed by atoms with van der Waals surface area (Å²) in [7, 11) is 0. The Morgan fingerprint density at radius 1 is 1.42 bits per heavy atom. The Labute approximate surface area is 141 Å². The lowest BCUT2D eigenvalue weighted by atomic mass is 10.0. The molecule has 0 bridgehead atoms. The maximum Gasteiger partial charge on any atom is 0.352 e. The summed E-state index contributed by atoms with van der Waals surface area (Å²) in [6.45, 7) is 0. The van der Waals surface area contributed by atoms with Gasteiger partial charge in [0.2, 0.25) is 5.91 Å². The van der Waals surface area contributed by atoms with Gasteiger partial charge < -0.3 is 10.4 Å². The van der Waals surface area contributed by atoms with Gasteiger partial charge in [-0.2, -0.15) is 5.26 Å². The Morgan fingerprint density at radius 3 is 2.88 bits per heavy atom. The molecule has 2 aliphatic heterocycles. The Bertz CT molecular complexity index is 799. The Morgan fingerprint density at radius 2 is 2.17 bits per heavy atom. The fraction of sp³-hybridized carbons (Fsp3) is 0.250. The number of hydrogen-bond donors (Lipinski definition) is 2. The van der Waals surface area contributed by atoms with Crippen LogP contribution in [-0.2, 0) is 20.8 Å². The van der Waals surface area contributed by atoms with Crippen LogP contribution in [0.25, 0.3) is 0 Å². The molecule has 24 heavy (non-hydrogen) atoms. The summed E-state index contributed by atoms with van der Waals surface area (Å²) in [6.07, 6.45) is 1.48. The zero-order chi connectivity index (χ0) is 17.3. The lowest BCUT2D eigenvalue weighted by Crippen LogP contribution is -2.70. The van der Waals surface area contributed by atoms with Crippen LogP contribution in [0.3, 0.4) is 0 Å². The van der Waals surface area contributed by atoms with E-state index in [9.17, 15) is 14.4 Å². The molecule has 0 aromatic heterocycles. The average Bonchev–Trinajstić information content (AvgIpc) is 2.59. The third-order valence-electron chi connectivity index (χ3n) is 3.87. The second-order valence-corrected chi connectivity index (χ2v) is 6.47. The standard InChI is InChI=1S/C16H13N3O4S/c17-8-10-4-2-1-3-9(10)7-12(20)18-13-14(21)19-11(16(22)23)5-6-24-15(13)19/h1-5,13,15H,6-7H2,(H,18,20)(H,22,23)/t13-,15-/m1/s1. The van der Waals surface area contributed by atoms with Crippen LogP contribution in [-0.4, -0.2) is 45.0 Å². The summed E-state index contributed by atoms with van der Waals surface area (Å²) in [5.74, 6) is -1.48. The van der Waals surface area contributed by atoms with Gasteiger partial charge in [0.15, 0.2) is 0 Å². The van der Waals surface area contributed by atoms with Crippen molar-refractivity contribution < 1.29 is 19.5 Å². The molecule has 2 aliphatic rings. The van der Waals surface area contributed by atoms with Gasteiger partial charge in [0.25, 0.3) is 5.91 Å². The molecule has 1 aromatic carbocycles. The molecule has 0 radical (unpaired) electrons. The number of hydrogen-bond acceptors (Lipinski definition) is 5. The molecular weight excluding hydrogens is 330 g/mol. The van der Waals surface area contributed by atoms with E-state index in [1.165, 1.54) is 22.7 Å². The molecule has 2 atom stereocenters. The summed E-state index contributed by atoms with van der Waals surface area (Å²) in [5.41, 5.74) is 0.963. The molecule has 8 heteroatoms. The van der Waals surface area contributed by atoms with Crippen molar-refractivity contribution in [1.29, 1.82) is 5.26 Å². The number of benzene rings is 1. The van der Waals surface area contributed by atoms with Crippen molar-refractivity contribution in [2.24, 2.45) is 0 Å². The normalized spacial score (nSPS) is 21.9. The number of aliphatic carboxylic acids is 1. The number of thioether (sulfide) groups is 1. The van der Waals surface area contributed by atoms with Gasteiger partial charge >= 0.3 is 5.97 Å². The second kappa shape index (κ2) is 6.37. The van der Waals surface area contributed by atoms with Crippen LogP contribution in [0.2, 0.25) is 0 Å². The molecule has 0 spiro atoms. The van der Waals surface area contributed by atoms with E-state index in [0.717, 1.165) is 0 Å². The molecule has 0 unspecified atom stereocenters. The van der Waals surface area contributed by atoms with E-state index in [1.54, 1.807) is 24.3 Å². The maximum absolute atomic E-state index is 12.2. The Kier molecular flexibility index (Phi) is 4.27. The lowest BCUT2D eigenvalue weighted by molar-refractivity contribution is -0.150. The van der Waals surface area contributed by atoms with Crippen molar-refractivity contribution in [3.63, 3.8) is 0 Å². The highest BCUT2D eigenvalue weighted by molar-refractivity contribution is 8.00. The molecule has 0 saturated carbocycles. The molecule has 122 valence electrons. The molecule has 1 saturated heterocycles. The van der Waals surface area contributed by atoms with Crippen LogP contribution in [0.1, 0.15) is 11.1 Å². The topological polar surface area (TPSA) is 111 Å². The number of nitrogens with zero attached hydrogens (tertiary/aromatic N) is 2. The molecule has 7 nitrogen and oxygen atoms in total. The summed E-state index contributed by atoms with van der Waals surface area (Å²) in [4.78, 5) is 36.7. The van der Waals surface area contributed by atoms with Gasteiger partial charge in [-0.05, 0) is 17.7 Å². The predicted molar refractivity (Wildman–Crippen MR) is 85.6 cm³/mol. The van der Waals surface area contributed by atoms with E-state index in [2.05, 4.69) is 5.32 Å². The van der Waals surface area contributed by atoms with Crippen LogP contribution in [0.15, 0.2) is 36.0 Å². The Balaban J connectivity index is 1.67. The summed E-state index contributed by atoms with van der Waals surface area (Å²) >= 11 is 1.40. The highest BCUT2D eigenvalue weighted by atomic mass is 32.2. The summed E-state index contributed by atoms with van der Waals surface area (Å²) in [5, 5.41) is 20.4. The Hall–Kier alpha value is -2.79. The van der Waals surface area contributed by atoms with Crippen LogP contribution >= 0.6 is 11.8 Å². The minimum atomic E-state index is -1.15. The third kappa shape index (κ3) is 2.74. The van der Waals surface area contributed by atoms with Gasteiger partial charge in [0.1, 0.15) is 17.1 Å². The number of amides is 2. The van der Waals surface area contributed by atoms with Crippen LogP contribution in [0.4, 0.5) is 0 Å². The van der Waals surface area contributed by atoms with Gasteiger partial charge in [0.05, 0.1) is 18.1 Å². The van der Waals surface area contributed by atoms with Crippen molar-refractivity contribution in [1.82, 2.24) is 10.2 Å². The highest BCUT2D eigenvalue weighted by Gasteiger charge is 2.52. The second-order valence-electron chi connectivity index (χ2n) is 5.32. The zero-order valence-corrected chi connectivity index (χ0v) is 13.2. The number of β-lactam (4-membered cyclic amide) rings is 1. The van der Waals surface area contributed by atoms with Gasteiger partial charge in [-0.1, -0.05) is 18.2 Å². The average molecular weight is 343 g/mol. The van der Waals surface area contributed by atoms with Crippen LogP contribution in [0.5, 0.6) is 0 Å². The molecular formula is C16H13N3O4S. The van der Waals surface area contributed by atoms with Crippen molar-refractivity contribution >= 4 is 29.5 Å². The van der Waals surface area contributed by atoms with Gasteiger partial charge in [-0.15, -0.1) is 11.8 Å². The minimum Gasteiger partial charge on any atom is -0.477 e. The molecule has 1 fully saturated rings. The molecule has 2 amide bonds. The largest absolute Gasteiger partial charge is 0.477 e. The van der Waals surface area contributed by atoms with Crippen molar-refractivity contribution in [2.45, 2.75) is 17.8 Å². The van der Waals surface area contributed by atoms with Crippen LogP contribution in [0, 0.1) is 11.3 Å². The fourth-order valence-electron chi connectivity index (χ4n) is 2.72. The summed E-state index contributed by atoms with van der Waals surface area (Å²) in [6, 6.07) is 8.05. The van der Waals surface area contributed by atoms with Gasteiger partial charge in [-0.3, -0.25) is 14.5 Å². The summed E-state index contributed by atoms with van der Waals surface area (Å²) < 4.78 is 0. The highest BCUT2D eigenvalue weighted by Crippen LogP contribution is 2.37. The van der Waals surface area contributed by atoms with Crippen molar-refractivity contribution in [3.8, 4) is 6.07 Å². The molecule has 0 aliphatic carbocycles. The first-order valence-electron chi connectivity index (χ1n) is 7.18. The number of nitrogens with one attached hydrogen (secondary N) is 1. The smallest absolute Gasteiger partial charge is 0.352 e. The van der Waals surface area contributed by atoms with E-state index < -0.39 is 23.3 Å². The van der Waals surface area contributed by atoms with Crippen LogP contribution < -0.4 is 5.32 Å². The minimum absolute atomic E-state index is 0.00741. The van der Waals surface area contributed by atoms with E-state index >= 15 is 0 Å². The number of carbonyl (C=O) groups excluding carboxylic acids is 2. The first-order valence-corrected chi connectivity index (χ1v) is 8.23. The monoisotopic (exact) mass is 343 g/mol. The fourth-order valence-corrected chi connectivity index (χ4v) is 3.91. The molecule has 1 aromatic rings. The number of nitriles is 1. The predicted octanol–water partition coefficient (Wildman–Crippen LogP) is 0.469. The van der Waals surface area contributed by atoms with Crippen molar-refractivity contribution in [3.05, 3.63) is 47.2 Å². The van der Waals surface area contributed by atoms with E-state index in [4.69, 9.17) is 10.4 Å². The first kappa shape index (κ1) is 16.1.